The average Bonchev–Trinajstić information content (AvgIpc) is 2.88. The van der Waals surface area contributed by atoms with E-state index >= 15 is 0 Å². The van der Waals surface area contributed by atoms with Gasteiger partial charge in [0.2, 0.25) is 0 Å². The van der Waals surface area contributed by atoms with Crippen molar-refractivity contribution >= 4 is 5.91 Å². The Morgan fingerprint density at radius 1 is 1.26 bits per heavy atom. The third-order valence-corrected chi connectivity index (χ3v) is 2.85. The number of amides is 1. The molecular weight excluding hydrogens is 240 g/mol. The van der Waals surface area contributed by atoms with Gasteiger partial charge in [0.15, 0.2) is 5.76 Å². The van der Waals surface area contributed by atoms with Gasteiger partial charge in [-0.05, 0) is 31.0 Å². The van der Waals surface area contributed by atoms with Crippen LogP contribution in [0, 0.1) is 0 Å². The molecule has 0 aliphatic heterocycles. The quantitative estimate of drug-likeness (QED) is 0.863. The van der Waals surface area contributed by atoms with E-state index in [1.807, 2.05) is 37.3 Å². The third kappa shape index (κ3) is 3.69. The fourth-order valence-electron chi connectivity index (χ4n) is 1.92. The highest BCUT2D eigenvalue weighted by molar-refractivity contribution is 5.91. The van der Waals surface area contributed by atoms with E-state index < -0.39 is 0 Å². The van der Waals surface area contributed by atoms with Crippen LogP contribution in [0.2, 0.25) is 0 Å². The Balaban J connectivity index is 1.91. The second-order valence-electron chi connectivity index (χ2n) is 4.53. The van der Waals surface area contributed by atoms with Gasteiger partial charge in [-0.25, -0.2) is 0 Å². The lowest BCUT2D eigenvalue weighted by atomic mass is 10.1. The number of hydrogen-bond acceptors (Lipinski definition) is 3. The number of carbonyl (C=O) groups excluding carboxylic acids is 1. The number of hydrogen-bond donors (Lipinski definition) is 2. The summed E-state index contributed by atoms with van der Waals surface area (Å²) in [5.74, 6) is 0.712. The molecule has 0 bridgehead atoms. The molecule has 0 saturated carbocycles. The molecule has 0 aliphatic rings. The van der Waals surface area contributed by atoms with Gasteiger partial charge in [-0.1, -0.05) is 30.3 Å². The number of carbonyl (C=O) groups is 1. The fraction of sp³-hybridized carbons (Fsp3) is 0.267. The van der Waals surface area contributed by atoms with Gasteiger partial charge in [-0.15, -0.1) is 0 Å². The van der Waals surface area contributed by atoms with Crippen molar-refractivity contribution in [3.05, 3.63) is 59.5 Å². The van der Waals surface area contributed by atoms with Gasteiger partial charge in [-0.3, -0.25) is 4.79 Å². The van der Waals surface area contributed by atoms with E-state index in [1.54, 1.807) is 12.1 Å². The topological polar surface area (TPSA) is 68.3 Å². The van der Waals surface area contributed by atoms with Crippen LogP contribution >= 0.6 is 0 Å². The Labute approximate surface area is 112 Å². The van der Waals surface area contributed by atoms with Gasteiger partial charge in [0.05, 0.1) is 6.54 Å². The summed E-state index contributed by atoms with van der Waals surface area (Å²) in [6.07, 6.45) is 0.789. The second-order valence-corrected chi connectivity index (χ2v) is 4.53. The SMILES string of the molecule is CC(Cc1ccccc1)NC(=O)c1ccc(CN)o1. The van der Waals surface area contributed by atoms with Crippen molar-refractivity contribution in [1.29, 1.82) is 0 Å². The molecule has 2 aromatic rings. The molecular formula is C15H18N2O2. The minimum atomic E-state index is -0.205. The van der Waals surface area contributed by atoms with E-state index in [-0.39, 0.29) is 11.9 Å². The van der Waals surface area contributed by atoms with Crippen LogP contribution in [0.25, 0.3) is 0 Å². The summed E-state index contributed by atoms with van der Waals surface area (Å²) in [5.41, 5.74) is 6.63. The second kappa shape index (κ2) is 6.20. The summed E-state index contributed by atoms with van der Waals surface area (Å²) < 4.78 is 5.31. The van der Waals surface area contributed by atoms with Crippen LogP contribution in [0.5, 0.6) is 0 Å². The van der Waals surface area contributed by atoms with Crippen LogP contribution in [0.3, 0.4) is 0 Å². The molecule has 1 amide bonds. The Hall–Kier alpha value is -2.07. The van der Waals surface area contributed by atoms with E-state index in [9.17, 15) is 4.79 Å². The first-order valence-corrected chi connectivity index (χ1v) is 6.32. The molecule has 100 valence electrons. The molecule has 1 atom stereocenters. The highest BCUT2D eigenvalue weighted by Crippen LogP contribution is 2.08. The zero-order valence-corrected chi connectivity index (χ0v) is 10.9. The van der Waals surface area contributed by atoms with Crippen LogP contribution < -0.4 is 11.1 Å². The highest BCUT2D eigenvalue weighted by Gasteiger charge is 2.13. The van der Waals surface area contributed by atoms with Crippen molar-refractivity contribution in [2.45, 2.75) is 25.9 Å². The van der Waals surface area contributed by atoms with Crippen LogP contribution in [-0.4, -0.2) is 11.9 Å². The van der Waals surface area contributed by atoms with E-state index in [0.717, 1.165) is 6.42 Å². The summed E-state index contributed by atoms with van der Waals surface area (Å²) in [4.78, 5) is 11.9. The molecule has 0 aliphatic carbocycles. The lowest BCUT2D eigenvalue weighted by molar-refractivity contribution is 0.0910. The number of nitrogens with one attached hydrogen (secondary N) is 1. The first-order valence-electron chi connectivity index (χ1n) is 6.32. The zero-order chi connectivity index (χ0) is 13.7. The van der Waals surface area contributed by atoms with E-state index in [2.05, 4.69) is 5.32 Å². The lowest BCUT2D eigenvalue weighted by Gasteiger charge is -2.12. The minimum absolute atomic E-state index is 0.0429. The monoisotopic (exact) mass is 258 g/mol. The predicted molar refractivity (Wildman–Crippen MR) is 73.7 cm³/mol. The van der Waals surface area contributed by atoms with Crippen LogP contribution in [0.15, 0.2) is 46.9 Å². The molecule has 4 heteroatoms. The van der Waals surface area contributed by atoms with Crippen LogP contribution in [0.1, 0.15) is 28.8 Å². The normalized spacial score (nSPS) is 12.1. The standard InChI is InChI=1S/C15H18N2O2/c1-11(9-12-5-3-2-4-6-12)17-15(18)14-8-7-13(10-16)19-14/h2-8,11H,9-10,16H2,1H3,(H,17,18). The molecule has 2 rings (SSSR count). The van der Waals surface area contributed by atoms with Crippen molar-refractivity contribution < 1.29 is 9.21 Å². The van der Waals surface area contributed by atoms with Gasteiger partial charge in [-0.2, -0.15) is 0 Å². The molecule has 19 heavy (non-hydrogen) atoms. The summed E-state index contributed by atoms with van der Waals surface area (Å²) >= 11 is 0. The summed E-state index contributed by atoms with van der Waals surface area (Å²) in [6, 6.07) is 13.5. The van der Waals surface area contributed by atoms with E-state index in [1.165, 1.54) is 5.56 Å². The summed E-state index contributed by atoms with van der Waals surface area (Å²) in [6.45, 7) is 2.27. The first-order chi connectivity index (χ1) is 9.19. The molecule has 0 spiro atoms. The van der Waals surface area contributed by atoms with Crippen LogP contribution in [0.4, 0.5) is 0 Å². The Kier molecular flexibility index (Phi) is 4.36. The average molecular weight is 258 g/mol. The van der Waals surface area contributed by atoms with Crippen molar-refractivity contribution in [2.75, 3.05) is 0 Å². The Bertz CT molecular complexity index is 534. The molecule has 0 fully saturated rings. The molecule has 4 nitrogen and oxygen atoms in total. The Morgan fingerprint density at radius 3 is 2.63 bits per heavy atom. The third-order valence-electron chi connectivity index (χ3n) is 2.85. The van der Waals surface area contributed by atoms with Gasteiger partial charge in [0, 0.05) is 6.04 Å². The van der Waals surface area contributed by atoms with Crippen molar-refractivity contribution in [1.82, 2.24) is 5.32 Å². The van der Waals surface area contributed by atoms with Crippen molar-refractivity contribution in [2.24, 2.45) is 5.73 Å². The van der Waals surface area contributed by atoms with Gasteiger partial charge in [0.1, 0.15) is 5.76 Å². The maximum absolute atomic E-state index is 11.9. The van der Waals surface area contributed by atoms with E-state index in [0.29, 0.717) is 18.1 Å². The molecule has 3 N–H and O–H groups in total. The maximum atomic E-state index is 11.9. The van der Waals surface area contributed by atoms with Gasteiger partial charge < -0.3 is 15.5 Å². The lowest BCUT2D eigenvalue weighted by Crippen LogP contribution is -2.33. The summed E-state index contributed by atoms with van der Waals surface area (Å²) in [7, 11) is 0. The molecule has 1 unspecified atom stereocenters. The molecule has 0 radical (unpaired) electrons. The number of rotatable bonds is 5. The minimum Gasteiger partial charge on any atom is -0.455 e. The van der Waals surface area contributed by atoms with Gasteiger partial charge >= 0.3 is 0 Å². The zero-order valence-electron chi connectivity index (χ0n) is 10.9. The maximum Gasteiger partial charge on any atom is 0.287 e. The number of nitrogens with two attached hydrogens (primary N) is 1. The number of furan rings is 1. The fourth-order valence-corrected chi connectivity index (χ4v) is 1.92. The van der Waals surface area contributed by atoms with Crippen molar-refractivity contribution in [3.8, 4) is 0 Å². The smallest absolute Gasteiger partial charge is 0.287 e. The molecule has 0 saturated heterocycles. The number of benzene rings is 1. The van der Waals surface area contributed by atoms with Gasteiger partial charge in [0.25, 0.3) is 5.91 Å². The van der Waals surface area contributed by atoms with Crippen molar-refractivity contribution in [3.63, 3.8) is 0 Å². The van der Waals surface area contributed by atoms with Crippen LogP contribution in [-0.2, 0) is 13.0 Å². The molecule has 1 heterocycles. The highest BCUT2D eigenvalue weighted by atomic mass is 16.4. The largest absolute Gasteiger partial charge is 0.455 e. The molecule has 1 aromatic heterocycles. The summed E-state index contributed by atoms with van der Waals surface area (Å²) in [5, 5.41) is 2.91. The first kappa shape index (κ1) is 13.4. The van der Waals surface area contributed by atoms with E-state index in [4.69, 9.17) is 10.2 Å². The Morgan fingerprint density at radius 2 is 2.00 bits per heavy atom. The predicted octanol–water partition coefficient (Wildman–Crippen LogP) is 2.10. The molecule has 1 aromatic carbocycles.